The van der Waals surface area contributed by atoms with E-state index < -0.39 is 0 Å². The van der Waals surface area contributed by atoms with Crippen molar-refractivity contribution in [2.24, 2.45) is 0 Å². The Hall–Kier alpha value is -0.780. The van der Waals surface area contributed by atoms with Gasteiger partial charge in [-0.1, -0.05) is 0 Å². The third kappa shape index (κ3) is 3.09. The molecule has 0 radical (unpaired) electrons. The maximum Gasteiger partial charge on any atom is 0.0897 e. The lowest BCUT2D eigenvalue weighted by Gasteiger charge is -1.98. The maximum absolute atomic E-state index is 4.39. The van der Waals surface area contributed by atoms with Gasteiger partial charge in [-0.2, -0.15) is 0 Å². The number of hydrogen-bond acceptors (Lipinski definition) is 5. The largest absolute Gasteiger partial charge is 0.305 e. The van der Waals surface area contributed by atoms with Gasteiger partial charge in [-0.3, -0.25) is 0 Å². The summed E-state index contributed by atoms with van der Waals surface area (Å²) in [5.74, 6) is 0. The Kier molecular flexibility index (Phi) is 3.45. The summed E-state index contributed by atoms with van der Waals surface area (Å²) in [5.41, 5.74) is 2.23. The highest BCUT2D eigenvalue weighted by atomic mass is 32.1. The molecule has 0 aliphatic rings. The van der Waals surface area contributed by atoms with E-state index in [1.807, 2.05) is 13.8 Å². The molecule has 5 heteroatoms. The highest BCUT2D eigenvalue weighted by Crippen LogP contribution is 2.09. The van der Waals surface area contributed by atoms with Gasteiger partial charge < -0.3 is 5.32 Å². The zero-order chi connectivity index (χ0) is 10.7. The average Bonchev–Trinajstić information content (AvgIpc) is 2.76. The molecule has 0 atom stereocenters. The summed E-state index contributed by atoms with van der Waals surface area (Å²) in [7, 11) is 0. The van der Waals surface area contributed by atoms with Crippen LogP contribution in [0, 0.1) is 13.8 Å². The molecule has 2 aromatic heterocycles. The molecule has 2 heterocycles. The number of hydrogen-bond donors (Lipinski definition) is 1. The molecule has 0 saturated carbocycles. The number of aromatic nitrogens is 2. The first-order valence-electron chi connectivity index (χ1n) is 4.77. The maximum atomic E-state index is 4.39. The van der Waals surface area contributed by atoms with Gasteiger partial charge in [-0.05, 0) is 13.8 Å². The Morgan fingerprint density at radius 3 is 1.80 bits per heavy atom. The van der Waals surface area contributed by atoms with Crippen molar-refractivity contribution in [2.45, 2.75) is 26.9 Å². The predicted octanol–water partition coefficient (Wildman–Crippen LogP) is 2.51. The highest BCUT2D eigenvalue weighted by Gasteiger charge is 2.00. The molecule has 0 spiro atoms. The van der Waals surface area contributed by atoms with Gasteiger partial charge in [0.15, 0.2) is 0 Å². The van der Waals surface area contributed by atoms with Crippen LogP contribution < -0.4 is 5.32 Å². The Bertz CT molecular complexity index is 393. The molecular formula is C10H13N3S2. The van der Waals surface area contributed by atoms with Crippen molar-refractivity contribution < 1.29 is 0 Å². The van der Waals surface area contributed by atoms with Gasteiger partial charge in [0.25, 0.3) is 0 Å². The van der Waals surface area contributed by atoms with Crippen molar-refractivity contribution in [1.29, 1.82) is 0 Å². The molecule has 0 aliphatic heterocycles. The molecule has 0 amide bonds. The number of thiazole rings is 2. The molecule has 1 N–H and O–H groups in total. The van der Waals surface area contributed by atoms with Crippen molar-refractivity contribution >= 4 is 22.7 Å². The molecule has 2 aromatic rings. The predicted molar refractivity (Wildman–Crippen MR) is 64.2 cm³/mol. The standard InChI is InChI=1S/C10H13N3S2/c1-7-12-9(5-14-7)3-11-4-10-6-15-8(2)13-10/h5-6,11H,3-4H2,1-2H3. The van der Waals surface area contributed by atoms with Crippen molar-refractivity contribution in [2.75, 3.05) is 0 Å². The van der Waals surface area contributed by atoms with Crippen molar-refractivity contribution in [1.82, 2.24) is 15.3 Å². The number of rotatable bonds is 4. The van der Waals surface area contributed by atoms with E-state index in [1.54, 1.807) is 22.7 Å². The van der Waals surface area contributed by atoms with Gasteiger partial charge in [-0.15, -0.1) is 22.7 Å². The molecular weight excluding hydrogens is 226 g/mol. The lowest BCUT2D eigenvalue weighted by Crippen LogP contribution is -2.13. The van der Waals surface area contributed by atoms with E-state index in [0.29, 0.717) is 0 Å². The first-order chi connectivity index (χ1) is 7.24. The summed E-state index contributed by atoms with van der Waals surface area (Å²) in [4.78, 5) is 8.77. The monoisotopic (exact) mass is 239 g/mol. The van der Waals surface area contributed by atoms with Crippen LogP contribution in [0.1, 0.15) is 21.4 Å². The van der Waals surface area contributed by atoms with E-state index >= 15 is 0 Å². The molecule has 80 valence electrons. The summed E-state index contributed by atoms with van der Waals surface area (Å²) in [6.45, 7) is 5.69. The third-order valence-corrected chi connectivity index (χ3v) is 3.59. The van der Waals surface area contributed by atoms with Crippen LogP contribution in [-0.4, -0.2) is 9.97 Å². The fourth-order valence-electron chi connectivity index (χ4n) is 1.30. The SMILES string of the molecule is Cc1nc(CNCc2csc(C)n2)cs1. The lowest BCUT2D eigenvalue weighted by atomic mass is 10.4. The van der Waals surface area contributed by atoms with Gasteiger partial charge in [0, 0.05) is 23.8 Å². The molecule has 0 bridgehead atoms. The first kappa shape index (κ1) is 10.7. The highest BCUT2D eigenvalue weighted by molar-refractivity contribution is 7.09. The van der Waals surface area contributed by atoms with Crippen LogP contribution in [-0.2, 0) is 13.1 Å². The number of nitrogens with zero attached hydrogens (tertiary/aromatic N) is 2. The Labute approximate surface area is 97.2 Å². The van der Waals surface area contributed by atoms with Gasteiger partial charge in [-0.25, -0.2) is 9.97 Å². The summed E-state index contributed by atoms with van der Waals surface area (Å²) in [5, 5.41) is 9.76. The van der Waals surface area contributed by atoms with Gasteiger partial charge in [0.05, 0.1) is 21.4 Å². The number of aryl methyl sites for hydroxylation is 2. The lowest BCUT2D eigenvalue weighted by molar-refractivity contribution is 0.671. The van der Waals surface area contributed by atoms with E-state index in [2.05, 4.69) is 26.0 Å². The summed E-state index contributed by atoms with van der Waals surface area (Å²) in [6, 6.07) is 0. The molecule has 0 aromatic carbocycles. The smallest absolute Gasteiger partial charge is 0.0897 e. The minimum atomic E-state index is 0.820. The minimum absolute atomic E-state index is 0.820. The summed E-state index contributed by atoms with van der Waals surface area (Å²) >= 11 is 3.38. The Morgan fingerprint density at radius 2 is 1.47 bits per heavy atom. The fraction of sp³-hybridized carbons (Fsp3) is 0.400. The fourth-order valence-corrected chi connectivity index (χ4v) is 2.52. The topological polar surface area (TPSA) is 37.8 Å². The van der Waals surface area contributed by atoms with E-state index in [-0.39, 0.29) is 0 Å². The molecule has 0 fully saturated rings. The van der Waals surface area contributed by atoms with Gasteiger partial charge in [0.2, 0.25) is 0 Å². The molecule has 3 nitrogen and oxygen atoms in total. The zero-order valence-electron chi connectivity index (χ0n) is 8.78. The second-order valence-corrected chi connectivity index (χ2v) is 5.44. The zero-order valence-corrected chi connectivity index (χ0v) is 10.4. The first-order valence-corrected chi connectivity index (χ1v) is 6.52. The van der Waals surface area contributed by atoms with Crippen molar-refractivity contribution in [3.8, 4) is 0 Å². The normalized spacial score (nSPS) is 10.8. The average molecular weight is 239 g/mol. The molecule has 0 saturated heterocycles. The van der Waals surface area contributed by atoms with Crippen molar-refractivity contribution in [3.05, 3.63) is 32.2 Å². The van der Waals surface area contributed by atoms with Crippen LogP contribution in [0.4, 0.5) is 0 Å². The molecule has 0 aliphatic carbocycles. The van der Waals surface area contributed by atoms with E-state index in [0.717, 1.165) is 34.5 Å². The second kappa shape index (κ2) is 4.83. The summed E-state index contributed by atoms with van der Waals surface area (Å²) in [6.07, 6.45) is 0. The molecule has 0 unspecified atom stereocenters. The van der Waals surface area contributed by atoms with Crippen LogP contribution in [0.2, 0.25) is 0 Å². The Balaban J connectivity index is 1.80. The quantitative estimate of drug-likeness (QED) is 0.891. The van der Waals surface area contributed by atoms with E-state index in [1.165, 1.54) is 0 Å². The van der Waals surface area contributed by atoms with E-state index in [4.69, 9.17) is 0 Å². The number of nitrogens with one attached hydrogen (secondary N) is 1. The van der Waals surface area contributed by atoms with Crippen LogP contribution in [0.5, 0.6) is 0 Å². The molecule has 15 heavy (non-hydrogen) atoms. The van der Waals surface area contributed by atoms with Crippen LogP contribution in [0.25, 0.3) is 0 Å². The van der Waals surface area contributed by atoms with Gasteiger partial charge >= 0.3 is 0 Å². The Morgan fingerprint density at radius 1 is 1.00 bits per heavy atom. The summed E-state index contributed by atoms with van der Waals surface area (Å²) < 4.78 is 0. The van der Waals surface area contributed by atoms with Crippen LogP contribution >= 0.6 is 22.7 Å². The minimum Gasteiger partial charge on any atom is -0.305 e. The third-order valence-electron chi connectivity index (χ3n) is 1.95. The molecule has 2 rings (SSSR count). The van der Waals surface area contributed by atoms with Crippen LogP contribution in [0.3, 0.4) is 0 Å². The van der Waals surface area contributed by atoms with Crippen molar-refractivity contribution in [3.63, 3.8) is 0 Å². The van der Waals surface area contributed by atoms with Gasteiger partial charge in [0.1, 0.15) is 0 Å². The second-order valence-electron chi connectivity index (χ2n) is 3.32. The van der Waals surface area contributed by atoms with Crippen LogP contribution in [0.15, 0.2) is 10.8 Å². The van der Waals surface area contributed by atoms with E-state index in [9.17, 15) is 0 Å².